The number of carbonyl (C=O) groups excluding carboxylic acids is 2. The lowest BCUT2D eigenvalue weighted by molar-refractivity contribution is 0.177. The maximum Gasteiger partial charge on any atom is 0.456 e. The molecule has 2 amide bonds. The Bertz CT molecular complexity index is 834. The Morgan fingerprint density at radius 1 is 0.857 bits per heavy atom. The van der Waals surface area contributed by atoms with Crippen LogP contribution in [0.2, 0.25) is 0 Å². The molecule has 0 fully saturated rings. The molecule has 0 aliphatic heterocycles. The second-order valence-electron chi connectivity index (χ2n) is 8.51. The van der Waals surface area contributed by atoms with Crippen LogP contribution in [0, 0.1) is 0 Å². The van der Waals surface area contributed by atoms with Gasteiger partial charge in [0.1, 0.15) is 11.5 Å². The minimum Gasteiger partial charge on any atom is -0.409 e. The number of ether oxygens (including phenoxy) is 2. The third kappa shape index (κ3) is 6.01. The van der Waals surface area contributed by atoms with Crippen molar-refractivity contribution in [1.82, 2.24) is 10.9 Å². The standard InChI is InChI=1S/C22H27N2O4/c1-21(2,3)15-12-13-18(17(14-15)22(4,5)6)28-20(26)24-23-19(25)27-16-10-8-7-9-11-16/h7-14H,1-6H3,(H,23,25). The highest BCUT2D eigenvalue weighted by Gasteiger charge is 2.24. The molecule has 0 saturated heterocycles. The number of amides is 2. The third-order valence-corrected chi connectivity index (χ3v) is 4.04. The van der Waals surface area contributed by atoms with Crippen molar-refractivity contribution < 1.29 is 19.1 Å². The van der Waals surface area contributed by atoms with Gasteiger partial charge in [0.25, 0.3) is 0 Å². The summed E-state index contributed by atoms with van der Waals surface area (Å²) >= 11 is 0. The average Bonchev–Trinajstić information content (AvgIpc) is 2.59. The first-order valence-electron chi connectivity index (χ1n) is 9.07. The molecular weight excluding hydrogens is 356 g/mol. The number of rotatable bonds is 2. The Kier molecular flexibility index (Phi) is 6.33. The maximum atomic E-state index is 12.1. The number of hydrogen-bond donors (Lipinski definition) is 1. The van der Waals surface area contributed by atoms with Crippen LogP contribution in [0.4, 0.5) is 9.59 Å². The molecular formula is C22H27N2O4. The van der Waals surface area contributed by atoms with Gasteiger partial charge in [0, 0.05) is 5.56 Å². The van der Waals surface area contributed by atoms with E-state index in [1.807, 2.05) is 38.3 Å². The summed E-state index contributed by atoms with van der Waals surface area (Å²) in [6.07, 6.45) is -1.80. The number of benzene rings is 2. The number of carbonyl (C=O) groups is 2. The molecule has 0 aromatic heterocycles. The highest BCUT2D eigenvalue weighted by atomic mass is 16.6. The fourth-order valence-electron chi connectivity index (χ4n) is 2.50. The topological polar surface area (TPSA) is 78.7 Å². The van der Waals surface area contributed by atoms with Crippen molar-refractivity contribution in [1.29, 1.82) is 0 Å². The molecule has 0 heterocycles. The van der Waals surface area contributed by atoms with Gasteiger partial charge in [-0.25, -0.2) is 15.0 Å². The van der Waals surface area contributed by atoms with Crippen molar-refractivity contribution in [3.05, 3.63) is 59.7 Å². The molecule has 6 nitrogen and oxygen atoms in total. The molecule has 1 N–H and O–H groups in total. The Balaban J connectivity index is 2.04. The van der Waals surface area contributed by atoms with E-state index < -0.39 is 12.2 Å². The average molecular weight is 383 g/mol. The molecule has 0 aliphatic carbocycles. The molecule has 0 spiro atoms. The van der Waals surface area contributed by atoms with E-state index >= 15 is 0 Å². The van der Waals surface area contributed by atoms with Crippen molar-refractivity contribution in [2.45, 2.75) is 52.4 Å². The Labute approximate surface area is 166 Å². The smallest absolute Gasteiger partial charge is 0.409 e. The molecule has 1 radical (unpaired) electrons. The summed E-state index contributed by atoms with van der Waals surface area (Å²) in [5.74, 6) is 0.754. The summed E-state index contributed by atoms with van der Waals surface area (Å²) in [7, 11) is 0. The van der Waals surface area contributed by atoms with E-state index in [-0.39, 0.29) is 10.8 Å². The molecule has 0 aliphatic rings. The van der Waals surface area contributed by atoms with Gasteiger partial charge in [-0.15, -0.1) is 0 Å². The van der Waals surface area contributed by atoms with Crippen LogP contribution >= 0.6 is 0 Å². The quantitative estimate of drug-likeness (QED) is 0.733. The van der Waals surface area contributed by atoms with Crippen LogP contribution in [0.5, 0.6) is 11.5 Å². The Morgan fingerprint density at radius 2 is 1.50 bits per heavy atom. The van der Waals surface area contributed by atoms with Gasteiger partial charge >= 0.3 is 12.2 Å². The predicted octanol–water partition coefficient (Wildman–Crippen LogP) is 5.09. The van der Waals surface area contributed by atoms with Crippen molar-refractivity contribution >= 4 is 12.2 Å². The largest absolute Gasteiger partial charge is 0.456 e. The van der Waals surface area contributed by atoms with E-state index in [4.69, 9.17) is 9.47 Å². The fraction of sp³-hybridized carbons (Fsp3) is 0.364. The van der Waals surface area contributed by atoms with E-state index in [2.05, 4.69) is 26.2 Å². The van der Waals surface area contributed by atoms with E-state index in [0.29, 0.717) is 11.5 Å². The van der Waals surface area contributed by atoms with Gasteiger partial charge in [-0.2, -0.15) is 0 Å². The Morgan fingerprint density at radius 3 is 2.07 bits per heavy atom. The lowest BCUT2D eigenvalue weighted by Gasteiger charge is -2.26. The fourth-order valence-corrected chi connectivity index (χ4v) is 2.50. The van der Waals surface area contributed by atoms with Crippen LogP contribution in [0.15, 0.2) is 48.5 Å². The summed E-state index contributed by atoms with van der Waals surface area (Å²) in [6, 6.07) is 14.2. The normalized spacial score (nSPS) is 11.5. The highest BCUT2D eigenvalue weighted by Crippen LogP contribution is 2.35. The summed E-state index contributed by atoms with van der Waals surface area (Å²) in [6.45, 7) is 12.5. The van der Waals surface area contributed by atoms with Crippen LogP contribution in [0.3, 0.4) is 0 Å². The first-order chi connectivity index (χ1) is 13.0. The molecule has 6 heteroatoms. The van der Waals surface area contributed by atoms with Crippen molar-refractivity contribution in [3.63, 3.8) is 0 Å². The zero-order chi connectivity index (χ0) is 20.9. The molecule has 0 saturated carbocycles. The molecule has 2 aromatic carbocycles. The van der Waals surface area contributed by atoms with Crippen molar-refractivity contribution in [2.75, 3.05) is 0 Å². The second-order valence-corrected chi connectivity index (χ2v) is 8.51. The van der Waals surface area contributed by atoms with Gasteiger partial charge < -0.3 is 9.47 Å². The van der Waals surface area contributed by atoms with Gasteiger partial charge in [-0.05, 0) is 34.6 Å². The van der Waals surface area contributed by atoms with Crippen LogP contribution in [0.1, 0.15) is 52.7 Å². The summed E-state index contributed by atoms with van der Waals surface area (Å²) in [5.41, 5.74) is 7.21. The SMILES string of the molecule is CC(C)(C)c1ccc(OC(=O)[N]NC(=O)Oc2ccccc2)c(C(C)(C)C)c1. The first-order valence-corrected chi connectivity index (χ1v) is 9.07. The molecule has 0 atom stereocenters. The van der Waals surface area contributed by atoms with Crippen LogP contribution in [-0.2, 0) is 10.8 Å². The van der Waals surface area contributed by atoms with Gasteiger partial charge in [0.05, 0.1) is 0 Å². The molecule has 0 unspecified atom stereocenters. The zero-order valence-corrected chi connectivity index (χ0v) is 17.2. The van der Waals surface area contributed by atoms with E-state index in [9.17, 15) is 9.59 Å². The summed E-state index contributed by atoms with van der Waals surface area (Å²) in [5, 5.41) is 0. The summed E-state index contributed by atoms with van der Waals surface area (Å²) in [4.78, 5) is 23.8. The minimum absolute atomic E-state index is 0.0321. The van der Waals surface area contributed by atoms with E-state index in [1.165, 1.54) is 0 Å². The van der Waals surface area contributed by atoms with Crippen molar-refractivity contribution in [2.24, 2.45) is 0 Å². The van der Waals surface area contributed by atoms with Gasteiger partial charge in [-0.3, -0.25) is 0 Å². The number of nitrogens with zero attached hydrogens (tertiary/aromatic N) is 1. The minimum atomic E-state index is -0.931. The summed E-state index contributed by atoms with van der Waals surface area (Å²) < 4.78 is 10.4. The second kappa shape index (κ2) is 8.33. The number of hydrogen-bond acceptors (Lipinski definition) is 4. The number of para-hydroxylation sites is 1. The van der Waals surface area contributed by atoms with Crippen LogP contribution in [0.25, 0.3) is 0 Å². The molecule has 2 aromatic rings. The number of nitrogens with one attached hydrogen (secondary N) is 1. The third-order valence-electron chi connectivity index (χ3n) is 4.04. The molecule has 2 rings (SSSR count). The molecule has 149 valence electrons. The van der Waals surface area contributed by atoms with Gasteiger partial charge in [0.15, 0.2) is 0 Å². The highest BCUT2D eigenvalue weighted by molar-refractivity contribution is 5.76. The van der Waals surface area contributed by atoms with Crippen LogP contribution < -0.4 is 20.3 Å². The lowest BCUT2D eigenvalue weighted by atomic mass is 9.80. The lowest BCUT2D eigenvalue weighted by Crippen LogP contribution is -2.39. The monoisotopic (exact) mass is 383 g/mol. The van der Waals surface area contributed by atoms with E-state index in [0.717, 1.165) is 11.1 Å². The van der Waals surface area contributed by atoms with Gasteiger partial charge in [-0.1, -0.05) is 77.3 Å². The van der Waals surface area contributed by atoms with Crippen molar-refractivity contribution in [3.8, 4) is 11.5 Å². The van der Waals surface area contributed by atoms with Gasteiger partial charge in [0.2, 0.25) is 0 Å². The van der Waals surface area contributed by atoms with Crippen LogP contribution in [-0.4, -0.2) is 12.2 Å². The molecule has 28 heavy (non-hydrogen) atoms. The maximum absolute atomic E-state index is 12.1. The predicted molar refractivity (Wildman–Crippen MR) is 108 cm³/mol. The first kappa shape index (κ1) is 21.3. The Hall–Kier alpha value is -3.02. The van der Waals surface area contributed by atoms with E-state index in [1.54, 1.807) is 36.4 Å². The zero-order valence-electron chi connectivity index (χ0n) is 17.2. The molecule has 0 bridgehead atoms.